The summed E-state index contributed by atoms with van der Waals surface area (Å²) in [6, 6.07) is 14.9. The summed E-state index contributed by atoms with van der Waals surface area (Å²) in [4.78, 5) is 23.4. The van der Waals surface area contributed by atoms with Gasteiger partial charge in [0.25, 0.3) is 5.69 Å². The molecule has 0 spiro atoms. The zero-order chi connectivity index (χ0) is 20.2. The zero-order valence-electron chi connectivity index (χ0n) is 15.5. The van der Waals surface area contributed by atoms with E-state index < -0.39 is 25.9 Å². The van der Waals surface area contributed by atoms with Crippen LogP contribution in [-0.4, -0.2) is 24.9 Å². The minimum Gasteiger partial charge on any atom is -0.298 e. The van der Waals surface area contributed by atoms with Crippen LogP contribution in [0.2, 0.25) is 0 Å². The quantitative estimate of drug-likeness (QED) is 0.517. The molecule has 3 rings (SSSR count). The summed E-state index contributed by atoms with van der Waals surface area (Å²) >= 11 is 0. The third-order valence-corrected chi connectivity index (χ3v) is 6.93. The second-order valence-electron chi connectivity index (χ2n) is 7.39. The minimum absolute atomic E-state index is 0.0949. The van der Waals surface area contributed by atoms with Gasteiger partial charge in [0.1, 0.15) is 5.75 Å². The first-order valence-electron chi connectivity index (χ1n) is 9.35. The van der Waals surface area contributed by atoms with Gasteiger partial charge in [0.15, 0.2) is 15.6 Å². The van der Waals surface area contributed by atoms with Gasteiger partial charge in [-0.25, -0.2) is 8.42 Å². The Balaban J connectivity index is 1.79. The van der Waals surface area contributed by atoms with Crippen LogP contribution in [0.4, 0.5) is 5.69 Å². The van der Waals surface area contributed by atoms with E-state index >= 15 is 0 Å². The molecular weight excluding hydrogens is 378 g/mol. The molecular formula is C21H23NO5S. The molecule has 0 N–H and O–H groups in total. The standard InChI is InChI=1S/C21H23NO5S/c23-20(21(13-5-2-6-14-21)18-7-3-1-4-8-18)16-28(26,27)15-17-9-11-19(12-10-17)22(24)25/h1,3-4,7-12H,2,5-6,13-16H2. The Morgan fingerprint density at radius 3 is 2.14 bits per heavy atom. The molecule has 0 amide bonds. The van der Waals surface area contributed by atoms with Crippen LogP contribution in [0.15, 0.2) is 54.6 Å². The molecule has 0 aliphatic heterocycles. The van der Waals surface area contributed by atoms with Crippen molar-refractivity contribution in [3.63, 3.8) is 0 Å². The number of nitro benzene ring substituents is 1. The molecule has 0 unspecified atom stereocenters. The topological polar surface area (TPSA) is 94.3 Å². The highest BCUT2D eigenvalue weighted by atomic mass is 32.2. The maximum absolute atomic E-state index is 13.2. The molecule has 7 heteroatoms. The van der Waals surface area contributed by atoms with Crippen LogP contribution in [0.5, 0.6) is 0 Å². The van der Waals surface area contributed by atoms with E-state index in [9.17, 15) is 23.3 Å². The summed E-state index contributed by atoms with van der Waals surface area (Å²) in [6.45, 7) is 0. The van der Waals surface area contributed by atoms with E-state index in [1.807, 2.05) is 30.3 Å². The van der Waals surface area contributed by atoms with Crippen LogP contribution >= 0.6 is 0 Å². The highest BCUT2D eigenvalue weighted by molar-refractivity contribution is 7.91. The third kappa shape index (κ3) is 4.47. The predicted molar refractivity (Wildman–Crippen MR) is 107 cm³/mol. The van der Waals surface area contributed by atoms with Gasteiger partial charge in [-0.3, -0.25) is 14.9 Å². The number of rotatable bonds is 7. The maximum atomic E-state index is 13.2. The Kier molecular flexibility index (Phi) is 5.93. The van der Waals surface area contributed by atoms with Gasteiger partial charge in [0.05, 0.1) is 16.1 Å². The third-order valence-electron chi connectivity index (χ3n) is 5.45. The molecule has 1 aliphatic rings. The number of hydrogen-bond donors (Lipinski definition) is 0. The molecule has 0 radical (unpaired) electrons. The number of carbonyl (C=O) groups excluding carboxylic acids is 1. The van der Waals surface area contributed by atoms with Crippen molar-refractivity contribution in [2.75, 3.05) is 5.75 Å². The number of sulfone groups is 1. The van der Waals surface area contributed by atoms with Crippen LogP contribution in [0.3, 0.4) is 0 Å². The lowest BCUT2D eigenvalue weighted by Gasteiger charge is -2.36. The van der Waals surface area contributed by atoms with Crippen molar-refractivity contribution in [3.05, 3.63) is 75.8 Å². The molecule has 1 aliphatic carbocycles. The molecule has 0 heterocycles. The van der Waals surface area contributed by atoms with Gasteiger partial charge >= 0.3 is 0 Å². The van der Waals surface area contributed by atoms with Gasteiger partial charge in [-0.2, -0.15) is 0 Å². The van der Waals surface area contributed by atoms with E-state index in [0.29, 0.717) is 18.4 Å². The van der Waals surface area contributed by atoms with Crippen LogP contribution in [0.1, 0.15) is 43.2 Å². The van der Waals surface area contributed by atoms with Gasteiger partial charge in [0.2, 0.25) is 0 Å². The first-order chi connectivity index (χ1) is 13.3. The van der Waals surface area contributed by atoms with Gasteiger partial charge in [-0.05, 0) is 24.0 Å². The van der Waals surface area contributed by atoms with Gasteiger partial charge in [-0.15, -0.1) is 0 Å². The zero-order valence-corrected chi connectivity index (χ0v) is 16.4. The normalized spacial score (nSPS) is 16.4. The van der Waals surface area contributed by atoms with Gasteiger partial charge in [-0.1, -0.05) is 61.7 Å². The average Bonchev–Trinajstić information content (AvgIpc) is 2.69. The summed E-state index contributed by atoms with van der Waals surface area (Å²) in [5, 5.41) is 10.7. The molecule has 28 heavy (non-hydrogen) atoms. The fourth-order valence-corrected chi connectivity index (χ4v) is 5.48. The Morgan fingerprint density at radius 1 is 0.964 bits per heavy atom. The number of carbonyl (C=O) groups is 1. The van der Waals surface area contributed by atoms with E-state index in [1.54, 1.807) is 0 Å². The Morgan fingerprint density at radius 2 is 1.57 bits per heavy atom. The van der Waals surface area contributed by atoms with Crippen molar-refractivity contribution in [2.45, 2.75) is 43.3 Å². The summed E-state index contributed by atoms with van der Waals surface area (Å²) in [6.07, 6.45) is 4.20. The molecule has 1 fully saturated rings. The van der Waals surface area contributed by atoms with Crippen molar-refractivity contribution in [1.82, 2.24) is 0 Å². The lowest BCUT2D eigenvalue weighted by Crippen LogP contribution is -2.41. The largest absolute Gasteiger partial charge is 0.298 e. The number of ketones is 1. The predicted octanol–water partition coefficient (Wildman–Crippen LogP) is 3.98. The fraction of sp³-hybridized carbons (Fsp3) is 0.381. The lowest BCUT2D eigenvalue weighted by molar-refractivity contribution is -0.384. The average molecular weight is 401 g/mol. The Labute approximate surface area is 164 Å². The van der Waals surface area contributed by atoms with Crippen LogP contribution in [0.25, 0.3) is 0 Å². The molecule has 0 aromatic heterocycles. The van der Waals surface area contributed by atoms with Crippen molar-refractivity contribution in [2.24, 2.45) is 0 Å². The highest BCUT2D eigenvalue weighted by Crippen LogP contribution is 2.40. The molecule has 148 valence electrons. The fourth-order valence-electron chi connectivity index (χ4n) is 4.00. The molecule has 0 saturated heterocycles. The minimum atomic E-state index is -3.68. The smallest absolute Gasteiger partial charge is 0.269 e. The summed E-state index contributed by atoms with van der Waals surface area (Å²) in [5.41, 5.74) is 0.505. The van der Waals surface area contributed by atoms with Crippen LogP contribution in [-0.2, 0) is 25.8 Å². The molecule has 2 aromatic carbocycles. The number of benzene rings is 2. The molecule has 0 atom stereocenters. The van der Waals surface area contributed by atoms with Gasteiger partial charge in [0, 0.05) is 12.1 Å². The van der Waals surface area contributed by atoms with E-state index in [2.05, 4.69) is 0 Å². The number of non-ortho nitro benzene ring substituents is 1. The van der Waals surface area contributed by atoms with E-state index in [1.165, 1.54) is 24.3 Å². The Bertz CT molecular complexity index is 946. The van der Waals surface area contributed by atoms with Crippen molar-refractivity contribution >= 4 is 21.3 Å². The monoisotopic (exact) mass is 401 g/mol. The number of Topliss-reactive ketones (excluding diaryl/α,β-unsaturated/α-hetero) is 1. The second-order valence-corrected chi connectivity index (χ2v) is 9.45. The second kappa shape index (κ2) is 8.22. The SMILES string of the molecule is O=C(CS(=O)(=O)Cc1ccc([N+](=O)[O-])cc1)C1(c2ccccc2)CCCCC1. The van der Waals surface area contributed by atoms with Crippen LogP contribution < -0.4 is 0 Å². The van der Waals surface area contributed by atoms with Crippen molar-refractivity contribution in [3.8, 4) is 0 Å². The van der Waals surface area contributed by atoms with E-state index in [0.717, 1.165) is 24.8 Å². The first-order valence-corrected chi connectivity index (χ1v) is 11.2. The Hall–Kier alpha value is -2.54. The number of hydrogen-bond acceptors (Lipinski definition) is 5. The first kappa shape index (κ1) is 20.2. The summed E-state index contributed by atoms with van der Waals surface area (Å²) < 4.78 is 25.4. The van der Waals surface area contributed by atoms with Crippen molar-refractivity contribution in [1.29, 1.82) is 0 Å². The van der Waals surface area contributed by atoms with Crippen molar-refractivity contribution < 1.29 is 18.1 Å². The summed E-state index contributed by atoms with van der Waals surface area (Å²) in [7, 11) is -3.68. The summed E-state index contributed by atoms with van der Waals surface area (Å²) in [5.74, 6) is -1.07. The molecule has 2 aromatic rings. The lowest BCUT2D eigenvalue weighted by atomic mass is 9.67. The molecule has 1 saturated carbocycles. The number of nitrogens with zero attached hydrogens (tertiary/aromatic N) is 1. The maximum Gasteiger partial charge on any atom is 0.269 e. The van der Waals surface area contributed by atoms with E-state index in [-0.39, 0.29) is 17.2 Å². The molecule has 0 bridgehead atoms. The van der Waals surface area contributed by atoms with E-state index in [4.69, 9.17) is 0 Å². The van der Waals surface area contributed by atoms with Crippen LogP contribution in [0, 0.1) is 10.1 Å². The number of nitro groups is 1. The van der Waals surface area contributed by atoms with Gasteiger partial charge < -0.3 is 0 Å². The molecule has 6 nitrogen and oxygen atoms in total. The highest BCUT2D eigenvalue weighted by Gasteiger charge is 2.42.